The fourth-order valence-corrected chi connectivity index (χ4v) is 1.60. The Kier molecular flexibility index (Phi) is 6.14. The van der Waals surface area contributed by atoms with E-state index in [1.807, 2.05) is 7.05 Å². The molecule has 1 aliphatic rings. The van der Waals surface area contributed by atoms with Gasteiger partial charge in [-0.25, -0.2) is 0 Å². The normalized spacial score (nSPS) is 19.2. The third-order valence-electron chi connectivity index (χ3n) is 2.78. The molecule has 1 heterocycles. The molecule has 0 aromatic heterocycles. The van der Waals surface area contributed by atoms with Crippen molar-refractivity contribution in [3.05, 3.63) is 0 Å². The summed E-state index contributed by atoms with van der Waals surface area (Å²) in [6.07, 6.45) is 0.607. The van der Waals surface area contributed by atoms with Crippen molar-refractivity contribution in [1.82, 2.24) is 9.80 Å². The van der Waals surface area contributed by atoms with Crippen LogP contribution in [0.15, 0.2) is 5.16 Å². The highest BCUT2D eigenvalue weighted by Crippen LogP contribution is 1.97. The molecule has 0 radical (unpaired) electrons. The van der Waals surface area contributed by atoms with Crippen LogP contribution < -0.4 is 5.73 Å². The van der Waals surface area contributed by atoms with Gasteiger partial charge in [0.2, 0.25) is 0 Å². The molecular formula is C10H22N4O2. The van der Waals surface area contributed by atoms with Gasteiger partial charge in [-0.3, -0.25) is 4.90 Å². The van der Waals surface area contributed by atoms with E-state index in [1.54, 1.807) is 0 Å². The van der Waals surface area contributed by atoms with E-state index in [0.717, 1.165) is 45.9 Å². The maximum absolute atomic E-state index is 8.40. The van der Waals surface area contributed by atoms with Crippen LogP contribution in [0.3, 0.4) is 0 Å². The molecule has 0 aromatic carbocycles. The minimum atomic E-state index is 0.290. The van der Waals surface area contributed by atoms with Crippen LogP contribution in [0.5, 0.6) is 0 Å². The molecule has 0 amide bonds. The van der Waals surface area contributed by atoms with Crippen LogP contribution in [0.4, 0.5) is 0 Å². The number of nitrogens with zero attached hydrogens (tertiary/aromatic N) is 3. The van der Waals surface area contributed by atoms with Crippen molar-refractivity contribution in [1.29, 1.82) is 0 Å². The van der Waals surface area contributed by atoms with E-state index in [0.29, 0.717) is 12.3 Å². The Morgan fingerprint density at radius 3 is 2.75 bits per heavy atom. The largest absolute Gasteiger partial charge is 0.409 e. The number of nitrogens with two attached hydrogens (primary N) is 1. The van der Waals surface area contributed by atoms with Crippen molar-refractivity contribution in [3.8, 4) is 0 Å². The van der Waals surface area contributed by atoms with Crippen molar-refractivity contribution >= 4 is 5.84 Å². The third kappa shape index (κ3) is 5.29. The zero-order chi connectivity index (χ0) is 11.8. The van der Waals surface area contributed by atoms with Crippen LogP contribution in [-0.4, -0.2) is 73.8 Å². The van der Waals surface area contributed by atoms with Crippen LogP contribution in [0, 0.1) is 0 Å². The lowest BCUT2D eigenvalue weighted by molar-refractivity contribution is 0.0346. The van der Waals surface area contributed by atoms with Gasteiger partial charge in [-0.2, -0.15) is 0 Å². The predicted octanol–water partition coefficient (Wildman–Crippen LogP) is -0.613. The molecule has 94 valence electrons. The van der Waals surface area contributed by atoms with Gasteiger partial charge in [0.05, 0.1) is 13.2 Å². The first kappa shape index (κ1) is 13.2. The van der Waals surface area contributed by atoms with Crippen LogP contribution in [0.1, 0.15) is 6.42 Å². The fourth-order valence-electron chi connectivity index (χ4n) is 1.60. The van der Waals surface area contributed by atoms with E-state index in [9.17, 15) is 0 Å². The summed E-state index contributed by atoms with van der Waals surface area (Å²) in [7, 11) is 2.05. The lowest BCUT2D eigenvalue weighted by Gasteiger charge is -2.28. The third-order valence-corrected chi connectivity index (χ3v) is 2.78. The van der Waals surface area contributed by atoms with Gasteiger partial charge in [-0.05, 0) is 7.05 Å². The summed E-state index contributed by atoms with van der Waals surface area (Å²) < 4.78 is 5.28. The van der Waals surface area contributed by atoms with Gasteiger partial charge >= 0.3 is 0 Å². The first-order valence-corrected chi connectivity index (χ1v) is 5.67. The zero-order valence-electron chi connectivity index (χ0n) is 9.93. The number of ether oxygens (including phenoxy) is 1. The van der Waals surface area contributed by atoms with E-state index in [4.69, 9.17) is 15.7 Å². The predicted molar refractivity (Wildman–Crippen MR) is 62.8 cm³/mol. The van der Waals surface area contributed by atoms with Crippen LogP contribution in [-0.2, 0) is 4.74 Å². The Morgan fingerprint density at radius 1 is 1.44 bits per heavy atom. The molecule has 0 saturated carbocycles. The quantitative estimate of drug-likeness (QED) is 0.275. The average molecular weight is 230 g/mol. The van der Waals surface area contributed by atoms with Crippen molar-refractivity contribution in [3.63, 3.8) is 0 Å². The van der Waals surface area contributed by atoms with E-state index in [1.165, 1.54) is 0 Å². The molecular weight excluding hydrogens is 208 g/mol. The molecule has 1 saturated heterocycles. The SMILES string of the molecule is CN(CC/C(N)=N/O)CCN1CCOCC1. The summed E-state index contributed by atoms with van der Waals surface area (Å²) >= 11 is 0. The van der Waals surface area contributed by atoms with E-state index in [2.05, 4.69) is 15.0 Å². The Labute approximate surface area is 96.6 Å². The summed E-state index contributed by atoms with van der Waals surface area (Å²) in [4.78, 5) is 4.58. The number of oxime groups is 1. The summed E-state index contributed by atoms with van der Waals surface area (Å²) in [5.41, 5.74) is 5.41. The van der Waals surface area contributed by atoms with Gasteiger partial charge in [-0.15, -0.1) is 0 Å². The number of amidine groups is 1. The lowest BCUT2D eigenvalue weighted by Crippen LogP contribution is -2.41. The summed E-state index contributed by atoms with van der Waals surface area (Å²) in [5.74, 6) is 0.290. The number of hydrogen-bond acceptors (Lipinski definition) is 5. The van der Waals surface area contributed by atoms with Gasteiger partial charge in [0.25, 0.3) is 0 Å². The van der Waals surface area contributed by atoms with Gasteiger partial charge in [-0.1, -0.05) is 5.16 Å². The number of hydrogen-bond donors (Lipinski definition) is 2. The smallest absolute Gasteiger partial charge is 0.140 e. The molecule has 16 heavy (non-hydrogen) atoms. The number of morpholine rings is 1. The van der Waals surface area contributed by atoms with Crippen LogP contribution >= 0.6 is 0 Å². The molecule has 1 aliphatic heterocycles. The van der Waals surface area contributed by atoms with Gasteiger partial charge in [0, 0.05) is 39.1 Å². The summed E-state index contributed by atoms with van der Waals surface area (Å²) in [6, 6.07) is 0. The maximum Gasteiger partial charge on any atom is 0.140 e. The summed E-state index contributed by atoms with van der Waals surface area (Å²) in [6.45, 7) is 6.60. The minimum absolute atomic E-state index is 0.290. The maximum atomic E-state index is 8.40. The zero-order valence-corrected chi connectivity index (χ0v) is 9.93. The minimum Gasteiger partial charge on any atom is -0.409 e. The second-order valence-electron chi connectivity index (χ2n) is 4.10. The number of likely N-dealkylation sites (N-methyl/N-ethyl adjacent to an activating group) is 1. The molecule has 0 aliphatic carbocycles. The standard InChI is InChI=1S/C10H22N4O2/c1-13(3-2-10(11)12-15)4-5-14-6-8-16-9-7-14/h15H,2-9H2,1H3,(H2,11,12). The highest BCUT2D eigenvalue weighted by atomic mass is 16.5. The van der Waals surface area contributed by atoms with Crippen molar-refractivity contribution in [2.45, 2.75) is 6.42 Å². The molecule has 3 N–H and O–H groups in total. The van der Waals surface area contributed by atoms with Crippen molar-refractivity contribution in [2.24, 2.45) is 10.9 Å². The highest BCUT2D eigenvalue weighted by Gasteiger charge is 2.10. The molecule has 0 atom stereocenters. The van der Waals surface area contributed by atoms with Crippen molar-refractivity contribution < 1.29 is 9.94 Å². The Bertz CT molecular complexity index is 217. The highest BCUT2D eigenvalue weighted by molar-refractivity contribution is 5.79. The Morgan fingerprint density at radius 2 is 2.12 bits per heavy atom. The molecule has 0 bridgehead atoms. The van der Waals surface area contributed by atoms with E-state index in [-0.39, 0.29) is 0 Å². The van der Waals surface area contributed by atoms with Gasteiger partial charge in [0.15, 0.2) is 0 Å². The average Bonchev–Trinajstić information content (AvgIpc) is 2.34. The first-order chi connectivity index (χ1) is 7.72. The molecule has 6 heteroatoms. The Hall–Kier alpha value is -0.850. The Balaban J connectivity index is 2.07. The molecule has 6 nitrogen and oxygen atoms in total. The topological polar surface area (TPSA) is 74.3 Å². The molecule has 0 aromatic rings. The van der Waals surface area contributed by atoms with E-state index >= 15 is 0 Å². The van der Waals surface area contributed by atoms with Gasteiger partial charge in [0.1, 0.15) is 5.84 Å². The second-order valence-corrected chi connectivity index (χ2v) is 4.10. The fraction of sp³-hybridized carbons (Fsp3) is 0.900. The summed E-state index contributed by atoms with van der Waals surface area (Å²) in [5, 5.41) is 11.4. The molecule has 1 fully saturated rings. The molecule has 0 spiro atoms. The second kappa shape index (κ2) is 7.43. The lowest BCUT2D eigenvalue weighted by atomic mass is 10.3. The van der Waals surface area contributed by atoms with Crippen LogP contribution in [0.2, 0.25) is 0 Å². The monoisotopic (exact) mass is 230 g/mol. The number of rotatable bonds is 6. The van der Waals surface area contributed by atoms with E-state index < -0.39 is 0 Å². The van der Waals surface area contributed by atoms with Crippen LogP contribution in [0.25, 0.3) is 0 Å². The first-order valence-electron chi connectivity index (χ1n) is 5.67. The molecule has 1 rings (SSSR count). The van der Waals surface area contributed by atoms with Gasteiger partial charge < -0.3 is 20.6 Å². The molecule has 0 unspecified atom stereocenters. The van der Waals surface area contributed by atoms with Crippen molar-refractivity contribution in [2.75, 3.05) is 53.0 Å².